The molecule has 0 aliphatic carbocycles. The summed E-state index contributed by atoms with van der Waals surface area (Å²) in [7, 11) is 0. The van der Waals surface area contributed by atoms with Crippen LogP contribution in [0.1, 0.15) is 39.3 Å². The summed E-state index contributed by atoms with van der Waals surface area (Å²) in [6.07, 6.45) is 0.635. The van der Waals surface area contributed by atoms with Gasteiger partial charge in [0.25, 0.3) is 5.56 Å². The van der Waals surface area contributed by atoms with E-state index in [2.05, 4.69) is 15.1 Å². The average Bonchev–Trinajstić information content (AvgIpc) is 2.59. The molecular formula is C11H15N3O2. The lowest BCUT2D eigenvalue weighted by Crippen LogP contribution is -2.22. The highest BCUT2D eigenvalue weighted by molar-refractivity contribution is 5.75. The van der Waals surface area contributed by atoms with Gasteiger partial charge in [-0.1, -0.05) is 32.9 Å². The van der Waals surface area contributed by atoms with Crippen LogP contribution in [0, 0.1) is 0 Å². The fraction of sp³-hybridized carbons (Fsp3) is 0.545. The van der Waals surface area contributed by atoms with Crippen molar-refractivity contribution in [2.75, 3.05) is 0 Å². The van der Waals surface area contributed by atoms with Gasteiger partial charge < -0.3 is 9.51 Å². The Morgan fingerprint density at radius 1 is 1.38 bits per heavy atom. The number of nitrogens with one attached hydrogen (secondary N) is 1. The Hall–Kier alpha value is -1.65. The third-order valence-corrected chi connectivity index (χ3v) is 2.45. The SMILES string of the molecule is CCc1onc2nc(C(C)(C)C)[nH]c(=O)c12. The van der Waals surface area contributed by atoms with E-state index in [1.807, 2.05) is 27.7 Å². The molecule has 0 unspecified atom stereocenters. The highest BCUT2D eigenvalue weighted by Crippen LogP contribution is 2.19. The molecule has 5 nitrogen and oxygen atoms in total. The predicted octanol–water partition coefficient (Wildman–Crippen LogP) is 1.77. The average molecular weight is 221 g/mol. The van der Waals surface area contributed by atoms with E-state index in [0.717, 1.165) is 0 Å². The third-order valence-electron chi connectivity index (χ3n) is 2.45. The van der Waals surface area contributed by atoms with Crippen molar-refractivity contribution in [3.63, 3.8) is 0 Å². The zero-order valence-corrected chi connectivity index (χ0v) is 9.92. The highest BCUT2D eigenvalue weighted by Gasteiger charge is 2.20. The number of nitrogens with zero attached hydrogens (tertiary/aromatic N) is 2. The van der Waals surface area contributed by atoms with Crippen molar-refractivity contribution in [3.05, 3.63) is 21.9 Å². The summed E-state index contributed by atoms with van der Waals surface area (Å²) in [5, 5.41) is 4.29. The van der Waals surface area contributed by atoms with E-state index in [0.29, 0.717) is 29.0 Å². The molecule has 5 heteroatoms. The first-order chi connectivity index (χ1) is 7.43. The Bertz CT molecular complexity index is 575. The van der Waals surface area contributed by atoms with Crippen molar-refractivity contribution >= 4 is 11.0 Å². The monoisotopic (exact) mass is 221 g/mol. The van der Waals surface area contributed by atoms with Crippen LogP contribution in [-0.4, -0.2) is 15.1 Å². The van der Waals surface area contributed by atoms with Crippen LogP contribution < -0.4 is 5.56 Å². The molecule has 0 aromatic carbocycles. The molecule has 0 saturated heterocycles. The van der Waals surface area contributed by atoms with E-state index < -0.39 is 0 Å². The number of fused-ring (bicyclic) bond motifs is 1. The van der Waals surface area contributed by atoms with Crippen LogP contribution in [0.3, 0.4) is 0 Å². The molecule has 2 aromatic heterocycles. The minimum Gasteiger partial charge on any atom is -0.358 e. The fourth-order valence-electron chi connectivity index (χ4n) is 1.52. The van der Waals surface area contributed by atoms with E-state index in [-0.39, 0.29) is 11.0 Å². The van der Waals surface area contributed by atoms with Gasteiger partial charge in [0.1, 0.15) is 11.2 Å². The summed E-state index contributed by atoms with van der Waals surface area (Å²) >= 11 is 0. The number of aryl methyl sites for hydroxylation is 1. The quantitative estimate of drug-likeness (QED) is 0.796. The van der Waals surface area contributed by atoms with Crippen LogP contribution in [0.15, 0.2) is 9.32 Å². The maximum Gasteiger partial charge on any atom is 0.264 e. The zero-order valence-electron chi connectivity index (χ0n) is 9.92. The first kappa shape index (κ1) is 10.9. The zero-order chi connectivity index (χ0) is 11.9. The Kier molecular flexibility index (Phi) is 2.33. The van der Waals surface area contributed by atoms with Gasteiger partial charge in [-0.25, -0.2) is 4.98 Å². The van der Waals surface area contributed by atoms with Crippen LogP contribution in [0.2, 0.25) is 0 Å². The van der Waals surface area contributed by atoms with Gasteiger partial charge in [-0.05, 0) is 0 Å². The molecule has 0 aliphatic heterocycles. The normalized spacial score (nSPS) is 12.2. The minimum atomic E-state index is -0.210. The Morgan fingerprint density at radius 3 is 2.62 bits per heavy atom. The number of aromatic nitrogens is 3. The van der Waals surface area contributed by atoms with Gasteiger partial charge in [0.2, 0.25) is 5.65 Å². The van der Waals surface area contributed by atoms with Crippen LogP contribution in [0.5, 0.6) is 0 Å². The van der Waals surface area contributed by atoms with Crippen molar-refractivity contribution in [1.82, 2.24) is 15.1 Å². The van der Waals surface area contributed by atoms with Crippen molar-refractivity contribution in [1.29, 1.82) is 0 Å². The maximum atomic E-state index is 11.9. The third kappa shape index (κ3) is 1.62. The first-order valence-electron chi connectivity index (χ1n) is 5.32. The summed E-state index contributed by atoms with van der Waals surface area (Å²) in [6.45, 7) is 7.87. The van der Waals surface area contributed by atoms with Gasteiger partial charge in [-0.2, -0.15) is 0 Å². The molecule has 0 radical (unpaired) electrons. The van der Waals surface area contributed by atoms with Gasteiger partial charge in [-0.3, -0.25) is 4.79 Å². The maximum absolute atomic E-state index is 11.9. The molecule has 0 fully saturated rings. The largest absolute Gasteiger partial charge is 0.358 e. The lowest BCUT2D eigenvalue weighted by molar-refractivity contribution is 0.393. The summed E-state index contributed by atoms with van der Waals surface area (Å²) in [5.74, 6) is 1.21. The molecule has 0 bridgehead atoms. The molecule has 0 atom stereocenters. The van der Waals surface area contributed by atoms with Crippen molar-refractivity contribution in [2.24, 2.45) is 0 Å². The number of rotatable bonds is 1. The Balaban J connectivity index is 2.76. The molecule has 1 N–H and O–H groups in total. The smallest absolute Gasteiger partial charge is 0.264 e. The lowest BCUT2D eigenvalue weighted by Gasteiger charge is -2.16. The predicted molar refractivity (Wildman–Crippen MR) is 60.5 cm³/mol. The fourth-order valence-corrected chi connectivity index (χ4v) is 1.52. The van der Waals surface area contributed by atoms with Gasteiger partial charge in [-0.15, -0.1) is 0 Å². The van der Waals surface area contributed by atoms with Gasteiger partial charge >= 0.3 is 0 Å². The van der Waals surface area contributed by atoms with Crippen molar-refractivity contribution < 1.29 is 4.52 Å². The van der Waals surface area contributed by atoms with Gasteiger partial charge in [0.15, 0.2) is 5.76 Å². The number of aromatic amines is 1. The van der Waals surface area contributed by atoms with E-state index in [4.69, 9.17) is 4.52 Å². The van der Waals surface area contributed by atoms with Crippen LogP contribution in [0.4, 0.5) is 0 Å². The summed E-state index contributed by atoms with van der Waals surface area (Å²) in [4.78, 5) is 19.0. The standard InChI is InChI=1S/C11H15N3O2/c1-5-6-7-8(14-16-6)12-10(11(2,3)4)13-9(7)15/h5H2,1-4H3,(H,12,13,14,15). The number of hydrogen-bond donors (Lipinski definition) is 1. The molecule has 0 aliphatic rings. The molecule has 0 spiro atoms. The molecule has 0 amide bonds. The van der Waals surface area contributed by atoms with E-state index in [9.17, 15) is 4.79 Å². The molecule has 86 valence electrons. The number of H-pyrrole nitrogens is 1. The van der Waals surface area contributed by atoms with Gasteiger partial charge in [0, 0.05) is 11.8 Å². The first-order valence-corrected chi connectivity index (χ1v) is 5.32. The second kappa shape index (κ2) is 3.43. The minimum absolute atomic E-state index is 0.173. The number of hydrogen-bond acceptors (Lipinski definition) is 4. The van der Waals surface area contributed by atoms with Crippen LogP contribution >= 0.6 is 0 Å². The summed E-state index contributed by atoms with van der Waals surface area (Å²) in [6, 6.07) is 0. The van der Waals surface area contributed by atoms with E-state index in [1.165, 1.54) is 0 Å². The topological polar surface area (TPSA) is 71.8 Å². The Morgan fingerprint density at radius 2 is 2.06 bits per heavy atom. The van der Waals surface area contributed by atoms with Gasteiger partial charge in [0.05, 0.1) is 0 Å². The second-order valence-corrected chi connectivity index (χ2v) is 4.82. The molecular weight excluding hydrogens is 206 g/mol. The molecule has 16 heavy (non-hydrogen) atoms. The molecule has 2 heterocycles. The second-order valence-electron chi connectivity index (χ2n) is 4.82. The van der Waals surface area contributed by atoms with Crippen molar-refractivity contribution in [3.8, 4) is 0 Å². The van der Waals surface area contributed by atoms with Crippen LogP contribution in [-0.2, 0) is 11.8 Å². The van der Waals surface area contributed by atoms with E-state index in [1.54, 1.807) is 0 Å². The van der Waals surface area contributed by atoms with E-state index >= 15 is 0 Å². The molecule has 2 aromatic rings. The summed E-state index contributed by atoms with van der Waals surface area (Å²) < 4.78 is 5.08. The lowest BCUT2D eigenvalue weighted by atomic mass is 9.96. The van der Waals surface area contributed by atoms with Crippen molar-refractivity contribution in [2.45, 2.75) is 39.5 Å². The molecule has 0 saturated carbocycles. The Labute approximate surface area is 92.9 Å². The molecule has 2 rings (SSSR count). The summed E-state index contributed by atoms with van der Waals surface area (Å²) in [5.41, 5.74) is 0.0112. The van der Waals surface area contributed by atoms with Crippen LogP contribution in [0.25, 0.3) is 11.0 Å². The highest BCUT2D eigenvalue weighted by atomic mass is 16.5.